The molecule has 1 aromatic carbocycles. The predicted molar refractivity (Wildman–Crippen MR) is 63.8 cm³/mol. The molecule has 0 saturated carbocycles. The Hall–Kier alpha value is -1.88. The molecular weight excluding hydrogens is 236 g/mol. The number of benzene rings is 1. The summed E-state index contributed by atoms with van der Waals surface area (Å²) in [6.45, 7) is 1.80. The highest BCUT2D eigenvalue weighted by Gasteiger charge is 2.15. The average molecular weight is 249 g/mol. The Morgan fingerprint density at radius 3 is 2.39 bits per heavy atom. The molecule has 2 N–H and O–H groups in total. The highest BCUT2D eigenvalue weighted by molar-refractivity contribution is 5.22. The van der Waals surface area contributed by atoms with E-state index in [0.717, 1.165) is 5.69 Å². The van der Waals surface area contributed by atoms with Crippen molar-refractivity contribution in [3.05, 3.63) is 59.2 Å². The summed E-state index contributed by atoms with van der Waals surface area (Å²) in [5.74, 6) is -1.18. The molecule has 3 nitrogen and oxygen atoms in total. The van der Waals surface area contributed by atoms with E-state index in [4.69, 9.17) is 5.73 Å². The van der Waals surface area contributed by atoms with Gasteiger partial charge in [-0.1, -0.05) is 6.07 Å². The second-order valence-corrected chi connectivity index (χ2v) is 4.09. The molecule has 1 atom stereocenters. The molecule has 0 aliphatic heterocycles. The van der Waals surface area contributed by atoms with Crippen molar-refractivity contribution in [3.8, 4) is 0 Å². The summed E-state index contributed by atoms with van der Waals surface area (Å²) in [4.78, 5) is 8.16. The molecule has 94 valence electrons. The van der Waals surface area contributed by atoms with E-state index in [1.807, 2.05) is 0 Å². The van der Waals surface area contributed by atoms with Crippen LogP contribution in [0.1, 0.15) is 23.0 Å². The molecule has 0 radical (unpaired) electrons. The van der Waals surface area contributed by atoms with Gasteiger partial charge in [0.15, 0.2) is 0 Å². The molecule has 0 aliphatic carbocycles. The van der Waals surface area contributed by atoms with E-state index in [-0.39, 0.29) is 12.0 Å². The van der Waals surface area contributed by atoms with Crippen molar-refractivity contribution in [2.24, 2.45) is 5.73 Å². The summed E-state index contributed by atoms with van der Waals surface area (Å²) in [6.07, 6.45) is 3.15. The van der Waals surface area contributed by atoms with E-state index in [0.29, 0.717) is 5.69 Å². The third-order valence-electron chi connectivity index (χ3n) is 2.67. The normalized spacial score (nSPS) is 12.4. The van der Waals surface area contributed by atoms with Gasteiger partial charge in [0.05, 0.1) is 23.6 Å². The summed E-state index contributed by atoms with van der Waals surface area (Å²) in [6, 6.07) is 3.17. The van der Waals surface area contributed by atoms with E-state index in [2.05, 4.69) is 9.97 Å². The van der Waals surface area contributed by atoms with E-state index >= 15 is 0 Å². The minimum atomic E-state index is -0.592. The van der Waals surface area contributed by atoms with Crippen molar-refractivity contribution in [1.82, 2.24) is 9.97 Å². The topological polar surface area (TPSA) is 51.8 Å². The van der Waals surface area contributed by atoms with Crippen molar-refractivity contribution in [2.75, 3.05) is 0 Å². The van der Waals surface area contributed by atoms with Crippen molar-refractivity contribution < 1.29 is 8.78 Å². The van der Waals surface area contributed by atoms with Gasteiger partial charge < -0.3 is 5.73 Å². The summed E-state index contributed by atoms with van der Waals surface area (Å²) in [7, 11) is 0. The summed E-state index contributed by atoms with van der Waals surface area (Å²) in [5, 5.41) is 0. The Balaban J connectivity index is 2.21. The van der Waals surface area contributed by atoms with Gasteiger partial charge in [-0.2, -0.15) is 0 Å². The molecule has 0 aliphatic rings. The van der Waals surface area contributed by atoms with Crippen LogP contribution in [-0.2, 0) is 6.42 Å². The molecule has 1 aromatic heterocycles. The highest BCUT2D eigenvalue weighted by atomic mass is 19.1. The Bertz CT molecular complexity index is 520. The number of aromatic nitrogens is 2. The lowest BCUT2D eigenvalue weighted by Crippen LogP contribution is -2.17. The Kier molecular flexibility index (Phi) is 3.62. The maximum atomic E-state index is 13.5. The largest absolute Gasteiger partial charge is 0.322 e. The van der Waals surface area contributed by atoms with Crippen molar-refractivity contribution >= 4 is 0 Å². The molecule has 0 fully saturated rings. The van der Waals surface area contributed by atoms with Crippen molar-refractivity contribution in [2.45, 2.75) is 19.4 Å². The zero-order chi connectivity index (χ0) is 13.1. The zero-order valence-corrected chi connectivity index (χ0v) is 9.90. The Labute approximate surface area is 104 Å². The average Bonchev–Trinajstić information content (AvgIpc) is 2.34. The third-order valence-corrected chi connectivity index (χ3v) is 2.67. The van der Waals surface area contributed by atoms with Gasteiger partial charge >= 0.3 is 0 Å². The Morgan fingerprint density at radius 2 is 1.83 bits per heavy atom. The lowest BCUT2D eigenvalue weighted by molar-refractivity contribution is 0.537. The first-order valence-corrected chi connectivity index (χ1v) is 5.55. The number of halogens is 2. The van der Waals surface area contributed by atoms with Crippen LogP contribution in [0.5, 0.6) is 0 Å². The molecule has 0 bridgehead atoms. The quantitative estimate of drug-likeness (QED) is 0.908. The molecular formula is C13H13F2N3. The number of hydrogen-bond acceptors (Lipinski definition) is 3. The molecule has 5 heteroatoms. The maximum absolute atomic E-state index is 13.5. The highest BCUT2D eigenvalue weighted by Crippen LogP contribution is 2.19. The van der Waals surface area contributed by atoms with Crippen molar-refractivity contribution in [1.29, 1.82) is 0 Å². The van der Waals surface area contributed by atoms with Gasteiger partial charge in [0.25, 0.3) is 0 Å². The first-order valence-electron chi connectivity index (χ1n) is 5.55. The number of nitrogens with two attached hydrogens (primary N) is 1. The lowest BCUT2D eigenvalue weighted by atomic mass is 10.0. The minimum Gasteiger partial charge on any atom is -0.322 e. The monoisotopic (exact) mass is 249 g/mol. The van der Waals surface area contributed by atoms with Crippen molar-refractivity contribution in [3.63, 3.8) is 0 Å². The van der Waals surface area contributed by atoms with E-state index in [1.165, 1.54) is 24.4 Å². The Morgan fingerprint density at radius 1 is 1.17 bits per heavy atom. The van der Waals surface area contributed by atoms with Crippen LogP contribution in [0.4, 0.5) is 8.78 Å². The first kappa shape index (κ1) is 12.6. The molecule has 2 rings (SSSR count). The van der Waals surface area contributed by atoms with Crippen LogP contribution in [0.25, 0.3) is 0 Å². The molecule has 0 spiro atoms. The summed E-state index contributed by atoms with van der Waals surface area (Å²) >= 11 is 0. The minimum absolute atomic E-state index is 0.0209. The fraction of sp³-hybridized carbons (Fsp3) is 0.231. The van der Waals surface area contributed by atoms with Crippen LogP contribution in [0, 0.1) is 18.6 Å². The zero-order valence-electron chi connectivity index (χ0n) is 9.90. The van der Waals surface area contributed by atoms with Gasteiger partial charge in [0, 0.05) is 11.8 Å². The van der Waals surface area contributed by atoms with Gasteiger partial charge in [0.2, 0.25) is 0 Å². The fourth-order valence-electron chi connectivity index (χ4n) is 1.65. The molecule has 1 unspecified atom stereocenters. The fourth-order valence-corrected chi connectivity index (χ4v) is 1.65. The van der Waals surface area contributed by atoms with Gasteiger partial charge in [-0.3, -0.25) is 9.97 Å². The second kappa shape index (κ2) is 5.18. The molecule has 1 heterocycles. The number of nitrogens with zero attached hydrogens (tertiary/aromatic N) is 2. The number of hydrogen-bond donors (Lipinski definition) is 1. The molecule has 2 aromatic rings. The molecule has 0 saturated heterocycles. The standard InChI is InChI=1S/C13H13F2N3/c1-8-6-18-13(7-17-8)12(16)5-9-10(14)3-2-4-11(9)15/h2-4,6-7,12H,5,16H2,1H3. The third kappa shape index (κ3) is 2.68. The van der Waals surface area contributed by atoms with Gasteiger partial charge in [-0.25, -0.2) is 8.78 Å². The maximum Gasteiger partial charge on any atom is 0.129 e. The SMILES string of the molecule is Cc1cnc(C(N)Cc2c(F)cccc2F)cn1. The molecule has 0 amide bonds. The molecule has 18 heavy (non-hydrogen) atoms. The van der Waals surface area contributed by atoms with Crippen LogP contribution in [0.2, 0.25) is 0 Å². The summed E-state index contributed by atoms with van der Waals surface area (Å²) in [5.41, 5.74) is 7.14. The van der Waals surface area contributed by atoms with Gasteiger partial charge in [-0.05, 0) is 25.5 Å². The van der Waals surface area contributed by atoms with E-state index in [1.54, 1.807) is 13.1 Å². The second-order valence-electron chi connectivity index (χ2n) is 4.09. The van der Waals surface area contributed by atoms with E-state index < -0.39 is 17.7 Å². The van der Waals surface area contributed by atoms with Crippen LogP contribution < -0.4 is 5.73 Å². The van der Waals surface area contributed by atoms with Crippen LogP contribution in [0.15, 0.2) is 30.6 Å². The van der Waals surface area contributed by atoms with Gasteiger partial charge in [-0.15, -0.1) is 0 Å². The lowest BCUT2D eigenvalue weighted by Gasteiger charge is -2.12. The van der Waals surface area contributed by atoms with Gasteiger partial charge in [0.1, 0.15) is 11.6 Å². The van der Waals surface area contributed by atoms with E-state index in [9.17, 15) is 8.78 Å². The predicted octanol–water partition coefficient (Wildman–Crippen LogP) is 2.31. The smallest absolute Gasteiger partial charge is 0.129 e. The van der Waals surface area contributed by atoms with Crippen LogP contribution in [0.3, 0.4) is 0 Å². The first-order chi connectivity index (χ1) is 8.58. The van der Waals surface area contributed by atoms with Crippen LogP contribution >= 0.6 is 0 Å². The number of aryl methyl sites for hydroxylation is 1. The number of rotatable bonds is 3. The summed E-state index contributed by atoms with van der Waals surface area (Å²) < 4.78 is 26.9. The van der Waals surface area contributed by atoms with Crippen LogP contribution in [-0.4, -0.2) is 9.97 Å².